The minimum Gasteiger partial charge on any atom is -1.00 e. The van der Waals surface area contributed by atoms with Crippen LogP contribution in [0.5, 0.6) is 23.0 Å². The van der Waals surface area contributed by atoms with Gasteiger partial charge < -0.3 is 51.9 Å². The summed E-state index contributed by atoms with van der Waals surface area (Å²) in [5, 5.41) is 19.7. The van der Waals surface area contributed by atoms with Crippen LogP contribution in [-0.4, -0.2) is 152 Å². The van der Waals surface area contributed by atoms with Crippen LogP contribution in [0.1, 0.15) is 218 Å². The van der Waals surface area contributed by atoms with Gasteiger partial charge in [-0.3, -0.25) is 73.6 Å². The molecule has 0 amide bonds. The van der Waals surface area contributed by atoms with E-state index >= 15 is 0 Å². The Hall–Kier alpha value is -14.8. The fourth-order valence-corrected chi connectivity index (χ4v) is 13.2. The van der Waals surface area contributed by atoms with E-state index in [1.54, 1.807) is 130 Å². The smallest absolute Gasteiger partial charge is 1.00 e. The average molecular weight is 1970 g/mol. The average Bonchev–Trinajstić information content (AvgIpc) is 0.786. The summed E-state index contributed by atoms with van der Waals surface area (Å²) in [4.78, 5) is 122. The summed E-state index contributed by atoms with van der Waals surface area (Å²) in [5.74, 6) is -0.900. The number of aromatic carboxylic acids is 1. The third kappa shape index (κ3) is 33.0. The van der Waals surface area contributed by atoms with Gasteiger partial charge in [0.25, 0.3) is 0 Å². The molecule has 24 nitrogen and oxygen atoms in total. The molecule has 0 aliphatic carbocycles. The van der Waals surface area contributed by atoms with Gasteiger partial charge in [0, 0.05) is 159 Å². The number of carbonyl (C=O) groups is 7. The molecule has 4 aromatic carbocycles. The van der Waals surface area contributed by atoms with Gasteiger partial charge in [0.15, 0.2) is 34.7 Å². The zero-order valence-electron chi connectivity index (χ0n) is 78.7. The van der Waals surface area contributed by atoms with E-state index < -0.39 is 40.7 Å². The maximum atomic E-state index is 13.6. The summed E-state index contributed by atoms with van der Waals surface area (Å²) in [5.41, 5.74) is 17.4. The normalized spacial score (nSPS) is 10.9. The second-order valence-corrected chi connectivity index (χ2v) is 30.1. The number of carboxylic acids is 1. The number of hydrogen-bond donors (Lipinski definition) is 3. The van der Waals surface area contributed by atoms with Gasteiger partial charge in [-0.15, -0.1) is 12.1 Å². The first-order chi connectivity index (χ1) is 65.3. The van der Waals surface area contributed by atoms with Crippen LogP contribution in [0, 0.1) is 69.8 Å². The third-order valence-electron chi connectivity index (χ3n) is 21.4. The molecule has 1 atom stereocenters. The van der Waals surface area contributed by atoms with Crippen molar-refractivity contribution in [2.24, 2.45) is 0 Å². The Labute approximate surface area is 832 Å². The minimum absolute atomic E-state index is 0. The molecule has 4 N–H and O–H groups in total. The number of rotatable bonds is 28. The molecule has 10 heterocycles. The van der Waals surface area contributed by atoms with Crippen LogP contribution in [0.25, 0.3) is 11.1 Å². The first-order valence-electron chi connectivity index (χ1n) is 42.7. The molecule has 0 saturated carbocycles. The summed E-state index contributed by atoms with van der Waals surface area (Å²) >= 11 is 0. The number of aromatic nitrogens is 10. The number of nitrogens with zero attached hydrogens (tertiary/aromatic N) is 10. The van der Waals surface area contributed by atoms with E-state index in [1.807, 2.05) is 149 Å². The number of aliphatic hydroxyl groups is 1. The van der Waals surface area contributed by atoms with Gasteiger partial charge in [-0.2, -0.15) is 18.2 Å². The number of allylic oxidation sites excluding steroid dienone is 2. The Kier molecular flexibility index (Phi) is 47.3. The molecule has 10 aromatic heterocycles. The number of ketones is 6. The zero-order valence-corrected chi connectivity index (χ0v) is 81.7. The molecule has 139 heavy (non-hydrogen) atoms. The largest absolute Gasteiger partial charge is 2.00 e. The third-order valence-corrected chi connectivity index (χ3v) is 21.4. The number of carbonyl (C=O) groups excluding carboxylic acids is 6. The van der Waals surface area contributed by atoms with Gasteiger partial charge >= 0.3 is 29.0 Å². The standard InChI is InChI=1S/C23H23FN2O3.2C23H21FN2O2.C16H15FN2O2.C8H10N2O.C7H6FNO2.C7H7O.CH4.BrH.Mg/c1-4-23(28,16-6-9-19(29-3)10-7-16)17-5-8-18(26-12-17)11-22(27)20-13-25-14-21(24)15(20)2;2*1-4-20(16-6-9-19(28-3)10-7-16)17-5-8-18(26-12-17)11-23(27)21-13-25-14-22(24)15(21)2;1-3-15(20)11-4-5-12(19-7-11)6-16(21)13-8-18-9-14(17)10(13)2;1-2-7(11)6-3-4-8(9)10-5-6;1-4-5(7(10)11)2-9-3-6(4)8;1-8-7-5-3-2-4-6-7;;;/h5-10,12-14,28H,4,11H2,1-3H3;2*4-10,12-14H,11H2,1-3H3;4-5,7-9H,3,6H2,1-2H3;3-5H,2H2,1H3,(H2,9,10);2-3H,1H3,(H,10,11);3-6H,1H3;1H4;1H;/q;;;;;;-1;;;+2/p-1/b;20-4-;;;;;;;;. The summed E-state index contributed by atoms with van der Waals surface area (Å²) in [6.45, 7) is 17.1. The van der Waals surface area contributed by atoms with Crippen LogP contribution in [0.2, 0.25) is 0 Å². The summed E-state index contributed by atoms with van der Waals surface area (Å²) in [6.07, 6.45) is 25.7. The predicted octanol–water partition coefficient (Wildman–Crippen LogP) is 17.8. The summed E-state index contributed by atoms with van der Waals surface area (Å²) < 4.78 is 87.4. The molecule has 0 saturated heterocycles. The molecule has 716 valence electrons. The number of halogens is 6. The molecular weight excluding hydrogens is 1860 g/mol. The Morgan fingerprint density at radius 3 is 0.871 bits per heavy atom. The van der Waals surface area contributed by atoms with Crippen molar-refractivity contribution in [2.75, 3.05) is 34.2 Å². The Balaban J connectivity index is 0.000000296. The van der Waals surface area contributed by atoms with Crippen molar-refractivity contribution < 1.29 is 102 Å². The van der Waals surface area contributed by atoms with Crippen molar-refractivity contribution in [2.45, 2.75) is 127 Å². The zero-order chi connectivity index (χ0) is 99.1. The Morgan fingerprint density at radius 1 is 0.353 bits per heavy atom. The molecular formula is C108H107BrF5MgN11O13. The molecule has 14 aromatic rings. The first-order valence-corrected chi connectivity index (χ1v) is 42.7. The number of Topliss-reactive ketones (excluding diaryl/α,β-unsaturated/α-hetero) is 6. The molecule has 0 spiro atoms. The number of ether oxygens (including phenoxy) is 4. The molecule has 0 fully saturated rings. The number of benzene rings is 4. The number of nitrogens with two attached hydrogens (primary N) is 1. The molecule has 0 bridgehead atoms. The number of methoxy groups -OCH3 is 4. The number of anilines is 1. The van der Waals surface area contributed by atoms with Gasteiger partial charge in [0.05, 0.1) is 90.7 Å². The topological polar surface area (TPSA) is 352 Å². The van der Waals surface area contributed by atoms with Gasteiger partial charge in [-0.25, -0.2) is 31.7 Å². The van der Waals surface area contributed by atoms with Crippen LogP contribution in [0.15, 0.2) is 263 Å². The van der Waals surface area contributed by atoms with Crippen molar-refractivity contribution >= 4 is 80.7 Å². The molecule has 0 radical (unpaired) electrons. The van der Waals surface area contributed by atoms with Gasteiger partial charge in [-0.05, 0) is 184 Å². The summed E-state index contributed by atoms with van der Waals surface area (Å²) in [7, 11) is 6.51. The van der Waals surface area contributed by atoms with Crippen LogP contribution in [-0.2, 0) is 31.3 Å². The predicted molar refractivity (Wildman–Crippen MR) is 521 cm³/mol. The van der Waals surface area contributed by atoms with Crippen LogP contribution in [0.3, 0.4) is 0 Å². The van der Waals surface area contributed by atoms with Crippen molar-refractivity contribution in [1.82, 2.24) is 49.8 Å². The van der Waals surface area contributed by atoms with Gasteiger partial charge in [-0.1, -0.05) is 94.9 Å². The van der Waals surface area contributed by atoms with Crippen LogP contribution in [0.4, 0.5) is 27.8 Å². The van der Waals surface area contributed by atoms with Crippen LogP contribution < -0.4 is 41.7 Å². The van der Waals surface area contributed by atoms with Crippen molar-refractivity contribution in [3.05, 3.63) is 421 Å². The monoisotopic (exact) mass is 1960 g/mol. The molecule has 0 aliphatic heterocycles. The van der Waals surface area contributed by atoms with E-state index in [1.165, 1.54) is 44.1 Å². The molecule has 14 rings (SSSR count). The quantitative estimate of drug-likeness (QED) is 0.0177. The van der Waals surface area contributed by atoms with Crippen molar-refractivity contribution in [1.29, 1.82) is 0 Å². The van der Waals surface area contributed by atoms with Gasteiger partial charge in [0.2, 0.25) is 0 Å². The number of hydrogen-bond acceptors (Lipinski definition) is 23. The van der Waals surface area contributed by atoms with E-state index in [2.05, 4.69) is 55.9 Å². The van der Waals surface area contributed by atoms with E-state index in [-0.39, 0.29) is 141 Å². The molecule has 1 unspecified atom stereocenters. The number of carboxylic acid groups (broad SMARTS) is 1. The van der Waals surface area contributed by atoms with Crippen LogP contribution >= 0.6 is 0 Å². The fourth-order valence-electron chi connectivity index (χ4n) is 13.2. The van der Waals surface area contributed by atoms with Crippen molar-refractivity contribution in [3.8, 4) is 23.0 Å². The van der Waals surface area contributed by atoms with E-state index in [9.17, 15) is 60.6 Å². The molecule has 0 aliphatic rings. The van der Waals surface area contributed by atoms with E-state index in [0.717, 1.165) is 93.4 Å². The maximum Gasteiger partial charge on any atom is 2.00 e. The second kappa shape index (κ2) is 57.3. The van der Waals surface area contributed by atoms with Crippen molar-refractivity contribution in [3.63, 3.8) is 0 Å². The fraction of sp³-hybridized carbons (Fsp3) is 0.213. The van der Waals surface area contributed by atoms with Gasteiger partial charge in [0.1, 0.15) is 57.8 Å². The van der Waals surface area contributed by atoms with E-state index in [4.69, 9.17) is 29.8 Å². The Bertz CT molecular complexity index is 6310. The Morgan fingerprint density at radius 2 is 0.619 bits per heavy atom. The first kappa shape index (κ1) is 115. The number of pyridine rings is 10. The number of nitrogen functional groups attached to an aromatic ring is 1. The second-order valence-electron chi connectivity index (χ2n) is 30.1. The minimum atomic E-state index is -1.20. The maximum absolute atomic E-state index is 13.6. The molecule has 31 heteroatoms. The summed E-state index contributed by atoms with van der Waals surface area (Å²) in [6, 6.07) is 50.7. The SMILES string of the molecule is C.C/C=C(/c1ccc(OC)cc1)c1ccc(CC(=O)c2cncc(F)c2C)nc1.CC=C(c1ccc(OC)cc1)c1ccc(CC(=O)c2cncc(F)c2C)nc1.CCC(=O)c1ccc(CC(=O)c2cncc(F)c2C)nc1.CCC(=O)c1ccc(N)nc1.CCC(O)(c1ccc(OC)cc1)c1ccc(CC(=O)c2cncc(F)c2C)nc1.COc1cc[c-]cc1.Cc1c(F)cncc1C(=O)O.[Br-].[Mg+2]. The van der Waals surface area contributed by atoms with E-state index in [0.29, 0.717) is 92.5 Å².